The summed E-state index contributed by atoms with van der Waals surface area (Å²) >= 11 is 0. The Morgan fingerprint density at radius 1 is 0.941 bits per heavy atom. The first-order valence-corrected chi connectivity index (χ1v) is 5.54. The zero-order valence-electron chi connectivity index (χ0n) is 9.50. The van der Waals surface area contributed by atoms with Gasteiger partial charge < -0.3 is 5.21 Å². The lowest BCUT2D eigenvalue weighted by atomic mass is 10.3. The molecule has 3 heteroatoms. The normalized spacial score (nSPS) is 10.9. The molecule has 0 radical (unpaired) electrons. The third kappa shape index (κ3) is 1.40. The van der Waals surface area contributed by atoms with Crippen molar-refractivity contribution in [3.8, 4) is 5.69 Å². The summed E-state index contributed by atoms with van der Waals surface area (Å²) in [4.78, 5) is 0. The number of rotatable bonds is 1. The molecule has 1 heterocycles. The van der Waals surface area contributed by atoms with E-state index in [0.717, 1.165) is 15.9 Å². The van der Waals surface area contributed by atoms with Gasteiger partial charge >= 0.3 is 0 Å². The first-order chi connectivity index (χ1) is 8.29. The van der Waals surface area contributed by atoms with Crippen molar-refractivity contribution >= 4 is 11.0 Å². The van der Waals surface area contributed by atoms with Crippen LogP contribution in [0.1, 0.15) is 5.82 Å². The van der Waals surface area contributed by atoms with Crippen LogP contribution in [0.3, 0.4) is 0 Å². The topological polar surface area (TPSA) is 31.9 Å². The Kier molecular flexibility index (Phi) is 2.11. The average Bonchev–Trinajstić information content (AvgIpc) is 2.64. The van der Waals surface area contributed by atoms with Gasteiger partial charge in [0.1, 0.15) is 5.69 Å². The van der Waals surface area contributed by atoms with Crippen molar-refractivity contribution in [3.63, 3.8) is 0 Å². The van der Waals surface area contributed by atoms with E-state index < -0.39 is 0 Å². The summed E-state index contributed by atoms with van der Waals surface area (Å²) in [5.41, 5.74) is 2.65. The van der Waals surface area contributed by atoms with E-state index in [2.05, 4.69) is 0 Å². The minimum Gasteiger partial charge on any atom is -0.710 e. The standard InChI is InChI=1S/C14H12N2O/c1-11-15(12-7-3-2-4-8-12)13-9-5-6-10-14(13)16(11)17/h2-10H,1H3. The van der Waals surface area contributed by atoms with Crippen LogP contribution in [0.15, 0.2) is 54.6 Å². The van der Waals surface area contributed by atoms with Crippen LogP contribution in [-0.4, -0.2) is 4.57 Å². The van der Waals surface area contributed by atoms with Gasteiger partial charge in [0.05, 0.1) is 0 Å². The van der Waals surface area contributed by atoms with Crippen LogP contribution in [0.5, 0.6) is 0 Å². The molecule has 2 aromatic carbocycles. The first-order valence-electron chi connectivity index (χ1n) is 5.54. The molecule has 17 heavy (non-hydrogen) atoms. The van der Waals surface area contributed by atoms with Crippen molar-refractivity contribution in [2.24, 2.45) is 0 Å². The summed E-state index contributed by atoms with van der Waals surface area (Å²) in [6.07, 6.45) is 0. The quantitative estimate of drug-likeness (QED) is 0.462. The summed E-state index contributed by atoms with van der Waals surface area (Å²) in [7, 11) is 0. The van der Waals surface area contributed by atoms with Crippen molar-refractivity contribution < 1.29 is 4.73 Å². The molecule has 0 atom stereocenters. The van der Waals surface area contributed by atoms with Gasteiger partial charge in [-0.2, -0.15) is 4.57 Å². The highest BCUT2D eigenvalue weighted by molar-refractivity contribution is 5.74. The maximum absolute atomic E-state index is 12.0. The highest BCUT2D eigenvalue weighted by Crippen LogP contribution is 2.19. The second kappa shape index (κ2) is 3.63. The molecule has 3 nitrogen and oxygen atoms in total. The lowest BCUT2D eigenvalue weighted by molar-refractivity contribution is -0.585. The van der Waals surface area contributed by atoms with Crippen LogP contribution in [0.4, 0.5) is 0 Å². The van der Waals surface area contributed by atoms with E-state index in [9.17, 15) is 5.21 Å². The van der Waals surface area contributed by atoms with E-state index in [1.54, 1.807) is 0 Å². The third-order valence-corrected chi connectivity index (χ3v) is 2.97. The molecule has 0 saturated heterocycles. The molecule has 1 aromatic heterocycles. The van der Waals surface area contributed by atoms with Gasteiger partial charge in [-0.05, 0) is 24.3 Å². The molecular weight excluding hydrogens is 212 g/mol. The number of hydrogen-bond acceptors (Lipinski definition) is 1. The molecule has 0 spiro atoms. The molecule has 0 amide bonds. The zero-order valence-corrected chi connectivity index (χ0v) is 9.50. The van der Waals surface area contributed by atoms with Crippen molar-refractivity contribution in [2.45, 2.75) is 6.92 Å². The minimum absolute atomic E-state index is 0.678. The van der Waals surface area contributed by atoms with Crippen molar-refractivity contribution in [1.29, 1.82) is 0 Å². The smallest absolute Gasteiger partial charge is 0.262 e. The lowest BCUT2D eigenvalue weighted by Crippen LogP contribution is -2.28. The summed E-state index contributed by atoms with van der Waals surface area (Å²) in [5.74, 6) is 0.678. The molecule has 3 rings (SSSR count). The molecule has 84 valence electrons. The fourth-order valence-electron chi connectivity index (χ4n) is 2.17. The SMILES string of the molecule is Cc1n(-c2ccccc2)c2ccccc2[n+]1[O-]. The molecule has 0 unspecified atom stereocenters. The molecular formula is C14H12N2O. The van der Waals surface area contributed by atoms with Crippen LogP contribution in [-0.2, 0) is 0 Å². The van der Waals surface area contributed by atoms with Crippen molar-refractivity contribution in [1.82, 2.24) is 4.57 Å². The molecule has 0 bridgehead atoms. The van der Waals surface area contributed by atoms with Gasteiger partial charge in [0, 0.05) is 6.92 Å². The van der Waals surface area contributed by atoms with E-state index in [1.807, 2.05) is 66.1 Å². The fourth-order valence-corrected chi connectivity index (χ4v) is 2.17. The molecule has 3 aromatic rings. The summed E-state index contributed by atoms with van der Waals surface area (Å²) in [6, 6.07) is 17.5. The maximum atomic E-state index is 12.0. The second-order valence-corrected chi connectivity index (χ2v) is 4.00. The zero-order chi connectivity index (χ0) is 11.8. The van der Waals surface area contributed by atoms with Gasteiger partial charge in [-0.15, -0.1) is 0 Å². The summed E-state index contributed by atoms with van der Waals surface area (Å²) < 4.78 is 2.95. The van der Waals surface area contributed by atoms with Crippen molar-refractivity contribution in [3.05, 3.63) is 65.6 Å². The molecule has 0 fully saturated rings. The number of fused-ring (bicyclic) bond motifs is 1. The molecule has 0 N–H and O–H groups in total. The van der Waals surface area contributed by atoms with Gasteiger partial charge in [0.15, 0.2) is 11.0 Å². The fraction of sp³-hybridized carbons (Fsp3) is 0.0714. The van der Waals surface area contributed by atoms with Gasteiger partial charge in [0.2, 0.25) is 0 Å². The lowest BCUT2D eigenvalue weighted by Gasteiger charge is -2.01. The Morgan fingerprint density at radius 2 is 1.59 bits per heavy atom. The Bertz CT molecular complexity index is 671. The van der Waals surface area contributed by atoms with Crippen LogP contribution in [0.25, 0.3) is 16.7 Å². The van der Waals surface area contributed by atoms with E-state index in [-0.39, 0.29) is 0 Å². The number of benzene rings is 2. The summed E-state index contributed by atoms with van der Waals surface area (Å²) in [5, 5.41) is 12.0. The Balaban J connectivity index is 2.41. The van der Waals surface area contributed by atoms with Crippen molar-refractivity contribution in [2.75, 3.05) is 0 Å². The van der Waals surface area contributed by atoms with Crippen LogP contribution in [0.2, 0.25) is 0 Å². The number of aromatic nitrogens is 2. The van der Waals surface area contributed by atoms with E-state index >= 15 is 0 Å². The largest absolute Gasteiger partial charge is 0.710 e. The minimum atomic E-state index is 0.678. The van der Waals surface area contributed by atoms with Gasteiger partial charge in [-0.1, -0.05) is 30.3 Å². The maximum Gasteiger partial charge on any atom is 0.262 e. The van der Waals surface area contributed by atoms with Crippen LogP contribution < -0.4 is 4.73 Å². The van der Waals surface area contributed by atoms with E-state index in [0.29, 0.717) is 11.3 Å². The monoisotopic (exact) mass is 224 g/mol. The number of hydrogen-bond donors (Lipinski definition) is 0. The Labute approximate surface area is 99.1 Å². The van der Waals surface area contributed by atoms with Gasteiger partial charge in [0.25, 0.3) is 5.82 Å². The predicted molar refractivity (Wildman–Crippen MR) is 67.0 cm³/mol. The highest BCUT2D eigenvalue weighted by atomic mass is 16.5. The summed E-state index contributed by atoms with van der Waals surface area (Å²) in [6.45, 7) is 1.83. The predicted octanol–water partition coefficient (Wildman–Crippen LogP) is 2.57. The third-order valence-electron chi connectivity index (χ3n) is 2.97. The molecule has 0 aliphatic heterocycles. The molecule has 0 aliphatic carbocycles. The Hall–Kier alpha value is -2.29. The Morgan fingerprint density at radius 3 is 2.35 bits per heavy atom. The van der Waals surface area contributed by atoms with Crippen LogP contribution >= 0.6 is 0 Å². The molecule has 0 aliphatic rings. The second-order valence-electron chi connectivity index (χ2n) is 4.00. The first kappa shape index (κ1) is 9.90. The van der Waals surface area contributed by atoms with Gasteiger partial charge in [-0.25, -0.2) is 4.73 Å². The van der Waals surface area contributed by atoms with Crippen LogP contribution in [0, 0.1) is 12.1 Å². The highest BCUT2D eigenvalue weighted by Gasteiger charge is 2.18. The number of imidazole rings is 1. The van der Waals surface area contributed by atoms with E-state index in [4.69, 9.17) is 0 Å². The molecule has 0 saturated carbocycles. The van der Waals surface area contributed by atoms with E-state index in [1.165, 1.54) is 0 Å². The number of nitrogens with zero attached hydrogens (tertiary/aromatic N) is 2. The number of para-hydroxylation sites is 3. The average molecular weight is 224 g/mol. The van der Waals surface area contributed by atoms with Gasteiger partial charge in [-0.3, -0.25) is 0 Å².